The highest BCUT2D eigenvalue weighted by atomic mass is 35.5. The van der Waals surface area contributed by atoms with Gasteiger partial charge in [0.2, 0.25) is 0 Å². The monoisotopic (exact) mass is 419 g/mol. The summed E-state index contributed by atoms with van der Waals surface area (Å²) < 4.78 is 40.4. The molecule has 146 valence electrons. The van der Waals surface area contributed by atoms with Gasteiger partial charge in [-0.1, -0.05) is 23.2 Å². The maximum absolute atomic E-state index is 12.9. The number of amides is 1. The lowest BCUT2D eigenvalue weighted by molar-refractivity contribution is -0.137. The molecule has 1 fully saturated rings. The number of nitrogens with one attached hydrogen (secondary N) is 1. The third-order valence-electron chi connectivity index (χ3n) is 4.77. The van der Waals surface area contributed by atoms with Gasteiger partial charge >= 0.3 is 6.18 Å². The van der Waals surface area contributed by atoms with Gasteiger partial charge in [0.05, 0.1) is 27.4 Å². The smallest absolute Gasteiger partial charge is 0.349 e. The van der Waals surface area contributed by atoms with E-state index in [0.717, 1.165) is 50.4 Å². The minimum atomic E-state index is -4.52. The lowest BCUT2D eigenvalue weighted by atomic mass is 9.86. The molecule has 0 saturated heterocycles. The molecule has 4 nitrogen and oxygen atoms in total. The fraction of sp³-hybridized carbons (Fsp3) is 0.444. The second-order valence-electron chi connectivity index (χ2n) is 6.76. The van der Waals surface area contributed by atoms with E-state index < -0.39 is 17.6 Å². The Hall–Kier alpha value is -1.73. The van der Waals surface area contributed by atoms with Crippen molar-refractivity contribution >= 4 is 29.1 Å². The highest BCUT2D eigenvalue weighted by Crippen LogP contribution is 2.32. The number of alkyl halides is 3. The molecule has 9 heteroatoms. The summed E-state index contributed by atoms with van der Waals surface area (Å²) in [6.07, 6.45) is 2.12. The van der Waals surface area contributed by atoms with Crippen molar-refractivity contribution in [2.75, 3.05) is 0 Å². The molecule has 1 N–H and O–H groups in total. The van der Waals surface area contributed by atoms with Gasteiger partial charge in [-0.3, -0.25) is 9.48 Å². The summed E-state index contributed by atoms with van der Waals surface area (Å²) in [4.78, 5) is 12.4. The van der Waals surface area contributed by atoms with Crippen LogP contribution in [-0.2, 0) is 12.7 Å². The van der Waals surface area contributed by atoms with Gasteiger partial charge in [-0.15, -0.1) is 0 Å². The third kappa shape index (κ3) is 5.17. The molecule has 1 aromatic carbocycles. The molecular weight excluding hydrogens is 402 g/mol. The molecule has 1 aliphatic carbocycles. The summed E-state index contributed by atoms with van der Waals surface area (Å²) in [5.74, 6) is -0.153. The first-order valence-electron chi connectivity index (χ1n) is 8.58. The standard InChI is InChI=1S/C18H18Cl2F3N3O/c19-13-8-24-26(10-13)9-11-1-4-14(5-2-11)25-17(27)15-7-12(18(21,22)23)3-6-16(15)20/h3,6-8,10-11,14H,1-2,4-5,9H2,(H,25,27). The molecule has 27 heavy (non-hydrogen) atoms. The summed E-state index contributed by atoms with van der Waals surface area (Å²) in [7, 11) is 0. The van der Waals surface area contributed by atoms with Crippen LogP contribution in [0.1, 0.15) is 41.6 Å². The first-order chi connectivity index (χ1) is 12.7. The van der Waals surface area contributed by atoms with Gasteiger partial charge in [0.1, 0.15) is 0 Å². The van der Waals surface area contributed by atoms with E-state index in [1.54, 1.807) is 17.1 Å². The number of hydrogen-bond donors (Lipinski definition) is 1. The van der Waals surface area contributed by atoms with Gasteiger partial charge in [-0.2, -0.15) is 18.3 Å². The molecule has 3 rings (SSSR count). The zero-order valence-electron chi connectivity index (χ0n) is 14.3. The lowest BCUT2D eigenvalue weighted by Gasteiger charge is -2.29. The summed E-state index contributed by atoms with van der Waals surface area (Å²) >= 11 is 11.8. The molecule has 2 aromatic rings. The maximum atomic E-state index is 12.9. The molecule has 1 heterocycles. The highest BCUT2D eigenvalue weighted by molar-refractivity contribution is 6.33. The van der Waals surface area contributed by atoms with Crippen molar-refractivity contribution in [3.8, 4) is 0 Å². The fourth-order valence-corrected chi connectivity index (χ4v) is 3.69. The van der Waals surface area contributed by atoms with Gasteiger partial charge in [0.25, 0.3) is 5.91 Å². The number of rotatable bonds is 4. The van der Waals surface area contributed by atoms with Crippen molar-refractivity contribution < 1.29 is 18.0 Å². The van der Waals surface area contributed by atoms with E-state index in [-0.39, 0.29) is 16.6 Å². The normalized spacial score (nSPS) is 20.5. The van der Waals surface area contributed by atoms with E-state index in [2.05, 4.69) is 10.4 Å². The SMILES string of the molecule is O=C(NC1CCC(Cn2cc(Cl)cn2)CC1)c1cc(C(F)(F)F)ccc1Cl. The van der Waals surface area contributed by atoms with Crippen LogP contribution in [0.3, 0.4) is 0 Å². The van der Waals surface area contributed by atoms with Crippen molar-refractivity contribution in [3.05, 3.63) is 51.8 Å². The minimum Gasteiger partial charge on any atom is -0.349 e. The summed E-state index contributed by atoms with van der Waals surface area (Å²) in [5.41, 5.74) is -1.04. The number of carbonyl (C=O) groups is 1. The van der Waals surface area contributed by atoms with Crippen LogP contribution in [0, 0.1) is 5.92 Å². The van der Waals surface area contributed by atoms with Crippen LogP contribution in [0.4, 0.5) is 13.2 Å². The van der Waals surface area contributed by atoms with E-state index in [1.807, 2.05) is 0 Å². The second-order valence-corrected chi connectivity index (χ2v) is 7.61. The van der Waals surface area contributed by atoms with Crippen molar-refractivity contribution in [2.24, 2.45) is 5.92 Å². The van der Waals surface area contributed by atoms with Crippen LogP contribution in [0.2, 0.25) is 10.0 Å². The number of benzene rings is 1. The zero-order chi connectivity index (χ0) is 19.6. The Kier molecular flexibility index (Phi) is 6.01. The molecule has 1 aromatic heterocycles. The van der Waals surface area contributed by atoms with Crippen molar-refractivity contribution in [2.45, 2.75) is 44.4 Å². The highest BCUT2D eigenvalue weighted by Gasteiger charge is 2.32. The van der Waals surface area contributed by atoms with Crippen LogP contribution in [0.5, 0.6) is 0 Å². The molecule has 1 saturated carbocycles. The van der Waals surface area contributed by atoms with Gasteiger partial charge in [-0.25, -0.2) is 0 Å². The van der Waals surface area contributed by atoms with E-state index >= 15 is 0 Å². The van der Waals surface area contributed by atoms with Crippen LogP contribution in [0.25, 0.3) is 0 Å². The molecule has 1 amide bonds. The van der Waals surface area contributed by atoms with Crippen LogP contribution in [0.15, 0.2) is 30.6 Å². The largest absolute Gasteiger partial charge is 0.416 e. The average Bonchev–Trinajstić information content (AvgIpc) is 3.01. The van der Waals surface area contributed by atoms with Crippen LogP contribution < -0.4 is 5.32 Å². The van der Waals surface area contributed by atoms with Crippen molar-refractivity contribution in [1.29, 1.82) is 0 Å². The Morgan fingerprint density at radius 1 is 1.22 bits per heavy atom. The summed E-state index contributed by atoms with van der Waals surface area (Å²) in [6.45, 7) is 0.757. The molecule has 0 bridgehead atoms. The van der Waals surface area contributed by atoms with E-state index in [1.165, 1.54) is 0 Å². The van der Waals surface area contributed by atoms with Crippen molar-refractivity contribution in [3.63, 3.8) is 0 Å². The molecule has 1 aliphatic rings. The Labute approximate surface area is 164 Å². The second kappa shape index (κ2) is 8.10. The van der Waals surface area contributed by atoms with Gasteiger partial charge in [0.15, 0.2) is 0 Å². The predicted octanol–water partition coefficient (Wildman–Crippen LogP) is 5.20. The lowest BCUT2D eigenvalue weighted by Crippen LogP contribution is -2.38. The fourth-order valence-electron chi connectivity index (χ4n) is 3.33. The Balaban J connectivity index is 1.56. The molecule has 0 aliphatic heterocycles. The summed E-state index contributed by atoms with van der Waals surface area (Å²) in [6, 6.07) is 2.68. The van der Waals surface area contributed by atoms with Gasteiger partial charge in [-0.05, 0) is 49.8 Å². The number of hydrogen-bond acceptors (Lipinski definition) is 2. The first kappa shape index (κ1) is 20.0. The molecule has 0 atom stereocenters. The van der Waals surface area contributed by atoms with E-state index in [0.29, 0.717) is 10.9 Å². The molecular formula is C18H18Cl2F3N3O. The Bertz CT molecular complexity index is 814. The third-order valence-corrected chi connectivity index (χ3v) is 5.29. The minimum absolute atomic E-state index is 0.00440. The van der Waals surface area contributed by atoms with Gasteiger partial charge in [0, 0.05) is 18.8 Å². The molecule has 0 spiro atoms. The van der Waals surface area contributed by atoms with Gasteiger partial charge < -0.3 is 5.32 Å². The zero-order valence-corrected chi connectivity index (χ0v) is 15.8. The topological polar surface area (TPSA) is 46.9 Å². The predicted molar refractivity (Wildman–Crippen MR) is 96.9 cm³/mol. The van der Waals surface area contributed by atoms with Crippen molar-refractivity contribution in [1.82, 2.24) is 15.1 Å². The molecule has 0 radical (unpaired) electrons. The molecule has 0 unspecified atom stereocenters. The maximum Gasteiger partial charge on any atom is 0.416 e. The van der Waals surface area contributed by atoms with Crippen LogP contribution >= 0.6 is 23.2 Å². The number of carbonyl (C=O) groups excluding carboxylic acids is 1. The number of nitrogens with zero attached hydrogens (tertiary/aromatic N) is 2. The van der Waals surface area contributed by atoms with Crippen LogP contribution in [-0.4, -0.2) is 21.7 Å². The van der Waals surface area contributed by atoms with E-state index in [4.69, 9.17) is 23.2 Å². The van der Waals surface area contributed by atoms with E-state index in [9.17, 15) is 18.0 Å². The summed E-state index contributed by atoms with van der Waals surface area (Å²) in [5, 5.41) is 7.57. The average molecular weight is 420 g/mol. The first-order valence-corrected chi connectivity index (χ1v) is 9.33. The Morgan fingerprint density at radius 3 is 2.52 bits per heavy atom. The number of aromatic nitrogens is 2. The Morgan fingerprint density at radius 2 is 1.93 bits per heavy atom. The number of halogens is 5. The quantitative estimate of drug-likeness (QED) is 0.740.